The van der Waals surface area contributed by atoms with Crippen LogP contribution in [0.5, 0.6) is 0 Å². The molecule has 0 radical (unpaired) electrons. The Labute approximate surface area is 379 Å². The molecule has 9 rings (SSSR count). The Balaban J connectivity index is 1.19. The predicted octanol–water partition coefficient (Wildman–Crippen LogP) is 16.8. The molecule has 0 saturated heterocycles. The fourth-order valence-corrected chi connectivity index (χ4v) is 16.1. The van der Waals surface area contributed by atoms with Gasteiger partial charge in [0.2, 0.25) is 0 Å². The first-order valence-electron chi connectivity index (χ1n) is 22.7. The Hall–Kier alpha value is -3.00. The van der Waals surface area contributed by atoms with Crippen LogP contribution in [0.15, 0.2) is 24.3 Å². The normalized spacial score (nSPS) is 12.9. The third-order valence-corrected chi connectivity index (χ3v) is 19.0. The van der Waals surface area contributed by atoms with E-state index in [-0.39, 0.29) is 0 Å². The van der Waals surface area contributed by atoms with E-state index in [0.29, 0.717) is 0 Å². The van der Waals surface area contributed by atoms with Crippen LogP contribution in [0.25, 0.3) is 82.2 Å². The summed E-state index contributed by atoms with van der Waals surface area (Å²) >= 11 is 11.1. The van der Waals surface area contributed by atoms with Gasteiger partial charge in [0.25, 0.3) is 0 Å². The average Bonchev–Trinajstić information content (AvgIpc) is 4.13. The molecule has 0 fully saturated rings. The topological polar surface area (TPSA) is 59.7 Å². The highest BCUT2D eigenvalue weighted by molar-refractivity contribution is 7.36. The molecule has 0 N–H and O–H groups in total. The van der Waals surface area contributed by atoms with Crippen LogP contribution in [0.2, 0.25) is 0 Å². The third kappa shape index (κ3) is 7.63. The Morgan fingerprint density at radius 1 is 0.600 bits per heavy atom. The summed E-state index contributed by atoms with van der Waals surface area (Å²) < 4.78 is 21.2. The summed E-state index contributed by atoms with van der Waals surface area (Å²) in [6.45, 7) is 19.3. The van der Waals surface area contributed by atoms with Gasteiger partial charge in [-0.3, -0.25) is 0 Å². The average molecular weight is 911 g/mol. The Morgan fingerprint density at radius 3 is 1.85 bits per heavy atom. The van der Waals surface area contributed by atoms with Crippen LogP contribution in [0.4, 0.5) is 5.00 Å². The summed E-state index contributed by atoms with van der Waals surface area (Å²) in [4.78, 5) is 17.7. The molecule has 1 atom stereocenters. The van der Waals surface area contributed by atoms with Gasteiger partial charge < -0.3 is 9.47 Å². The molecule has 8 heterocycles. The minimum atomic E-state index is 0.774. The van der Waals surface area contributed by atoms with E-state index in [4.69, 9.17) is 18.7 Å². The monoisotopic (exact) mass is 910 g/mol. The molecule has 0 bridgehead atoms. The number of fused-ring (bicyclic) bond motifs is 8. The lowest BCUT2D eigenvalue weighted by Gasteiger charge is -2.22. The van der Waals surface area contributed by atoms with Gasteiger partial charge in [0.05, 0.1) is 53.3 Å². The van der Waals surface area contributed by atoms with E-state index in [1.54, 1.807) is 4.88 Å². The van der Waals surface area contributed by atoms with Gasteiger partial charge in [-0.2, -0.15) is 8.75 Å². The molecule has 0 amide bonds. The van der Waals surface area contributed by atoms with Gasteiger partial charge in [-0.15, -0.1) is 56.7 Å². The second-order valence-corrected chi connectivity index (χ2v) is 22.4. The first-order valence-corrected chi connectivity index (χ1v) is 27.5. The highest BCUT2D eigenvalue weighted by Gasteiger charge is 2.28. The molecule has 0 spiro atoms. The van der Waals surface area contributed by atoms with E-state index >= 15 is 0 Å². The number of hydrogen-bond acceptors (Lipinski definition) is 11. The highest BCUT2D eigenvalue weighted by atomic mass is 32.1. The number of thiophene rings is 5. The molecule has 0 aliphatic rings. The van der Waals surface area contributed by atoms with E-state index in [1.807, 2.05) is 45.3 Å². The molecule has 0 saturated carbocycles. The zero-order valence-electron chi connectivity index (χ0n) is 36.3. The van der Waals surface area contributed by atoms with Crippen molar-refractivity contribution < 1.29 is 0 Å². The standard InChI is InChI=1S/C48H58N6S6/c1-8-15-19-28(12-5)23-29-24-32-46(55-29)48-45(54(32)22-18-11-4)47-37(59-48)26-36(58-47)40-42-41(49-30(13-6)31(14-7)50-42)39(43-44(40)52-60-51-43)35-25-33-34(56-35)27-38(57-33)53(20-16-9-2)21-17-10-3/h24-28H,8-23H2,1-7H3. The predicted molar refractivity (Wildman–Crippen MR) is 271 cm³/mol. The van der Waals surface area contributed by atoms with Crippen LogP contribution in [0.3, 0.4) is 0 Å². The lowest BCUT2D eigenvalue weighted by molar-refractivity contribution is 0.452. The number of nitrogens with zero attached hydrogens (tertiary/aromatic N) is 6. The van der Waals surface area contributed by atoms with E-state index < -0.39 is 0 Å². The number of aromatic nitrogens is 5. The van der Waals surface area contributed by atoms with Crippen molar-refractivity contribution in [3.8, 4) is 20.9 Å². The second-order valence-electron chi connectivity index (χ2n) is 16.5. The van der Waals surface area contributed by atoms with Gasteiger partial charge in [-0.1, -0.05) is 93.4 Å². The molecular formula is C48H58N6S6. The lowest BCUT2D eigenvalue weighted by atomic mass is 9.95. The maximum Gasteiger partial charge on any atom is 0.116 e. The largest absolute Gasteiger partial charge is 0.363 e. The SMILES string of the molecule is CCCCC(CC)Cc1cc2c(s1)c1sc3cc(-c4c5nsnc5c(-c5cc6sc(N(CCCC)CCCC)cc6s5)c5nc(CC)c(CC)nc45)sc3c1n2CCCC. The second kappa shape index (κ2) is 18.4. The number of anilines is 1. The first-order chi connectivity index (χ1) is 29.4. The van der Waals surface area contributed by atoms with Gasteiger partial charge in [-0.05, 0) is 68.7 Å². The van der Waals surface area contributed by atoms with Gasteiger partial charge in [0, 0.05) is 59.5 Å². The zero-order valence-corrected chi connectivity index (χ0v) is 41.2. The van der Waals surface area contributed by atoms with Crippen molar-refractivity contribution in [2.45, 2.75) is 138 Å². The molecule has 12 heteroatoms. The van der Waals surface area contributed by atoms with Gasteiger partial charge >= 0.3 is 0 Å². The van der Waals surface area contributed by atoms with E-state index in [2.05, 4.69) is 93.5 Å². The van der Waals surface area contributed by atoms with Crippen molar-refractivity contribution in [2.75, 3.05) is 18.0 Å². The highest BCUT2D eigenvalue weighted by Crippen LogP contribution is 2.52. The molecule has 316 valence electrons. The van der Waals surface area contributed by atoms with E-state index in [9.17, 15) is 0 Å². The summed E-state index contributed by atoms with van der Waals surface area (Å²) in [7, 11) is 0. The van der Waals surface area contributed by atoms with Crippen LogP contribution < -0.4 is 4.90 Å². The van der Waals surface area contributed by atoms with Gasteiger partial charge in [0.1, 0.15) is 22.1 Å². The fourth-order valence-electron chi connectivity index (χ4n) is 8.95. The molecule has 1 aromatic carbocycles. The van der Waals surface area contributed by atoms with Crippen LogP contribution in [0, 0.1) is 5.92 Å². The minimum Gasteiger partial charge on any atom is -0.363 e. The van der Waals surface area contributed by atoms with Crippen LogP contribution in [0.1, 0.15) is 129 Å². The number of hydrogen-bond donors (Lipinski definition) is 0. The molecule has 1 unspecified atom stereocenters. The molecule has 0 aliphatic carbocycles. The zero-order chi connectivity index (χ0) is 41.5. The summed E-state index contributed by atoms with van der Waals surface area (Å²) in [6.07, 6.45) is 15.3. The number of benzene rings is 1. The number of unbranched alkanes of at least 4 members (excludes halogenated alkanes) is 4. The maximum atomic E-state index is 5.53. The third-order valence-electron chi connectivity index (χ3n) is 12.4. The summed E-state index contributed by atoms with van der Waals surface area (Å²) in [5, 5.41) is 1.39. The molecule has 0 aliphatic heterocycles. The van der Waals surface area contributed by atoms with E-state index in [1.165, 1.54) is 136 Å². The Bertz CT molecular complexity index is 2870. The van der Waals surface area contributed by atoms with Crippen LogP contribution in [-0.2, 0) is 25.8 Å². The quantitative estimate of drug-likeness (QED) is 0.0762. The number of rotatable bonds is 20. The lowest BCUT2D eigenvalue weighted by Crippen LogP contribution is -2.24. The number of aryl methyl sites for hydroxylation is 3. The Morgan fingerprint density at radius 2 is 1.23 bits per heavy atom. The fraction of sp³-hybridized carbons (Fsp3) is 0.500. The van der Waals surface area contributed by atoms with Crippen molar-refractivity contribution in [2.24, 2.45) is 5.92 Å². The van der Waals surface area contributed by atoms with Crippen molar-refractivity contribution >= 4 is 135 Å². The van der Waals surface area contributed by atoms with E-state index in [0.717, 1.165) is 83.0 Å². The van der Waals surface area contributed by atoms with Crippen molar-refractivity contribution in [1.82, 2.24) is 23.3 Å². The van der Waals surface area contributed by atoms with Gasteiger partial charge in [0.15, 0.2) is 0 Å². The molecule has 8 aromatic heterocycles. The maximum absolute atomic E-state index is 5.53. The summed E-state index contributed by atoms with van der Waals surface area (Å²) in [5.41, 5.74) is 11.1. The van der Waals surface area contributed by atoms with Crippen LogP contribution in [-0.4, -0.2) is 36.4 Å². The van der Waals surface area contributed by atoms with Crippen molar-refractivity contribution in [1.29, 1.82) is 0 Å². The van der Waals surface area contributed by atoms with Crippen molar-refractivity contribution in [3.05, 3.63) is 40.5 Å². The summed E-state index contributed by atoms with van der Waals surface area (Å²) in [5.74, 6) is 0.774. The van der Waals surface area contributed by atoms with Crippen LogP contribution >= 0.6 is 68.4 Å². The summed E-state index contributed by atoms with van der Waals surface area (Å²) in [6, 6.07) is 9.81. The van der Waals surface area contributed by atoms with Crippen molar-refractivity contribution in [3.63, 3.8) is 0 Å². The first kappa shape index (κ1) is 42.3. The molecular weight excluding hydrogens is 853 g/mol. The molecule has 9 aromatic rings. The smallest absolute Gasteiger partial charge is 0.116 e. The molecule has 6 nitrogen and oxygen atoms in total. The minimum absolute atomic E-state index is 0.774. The molecule has 60 heavy (non-hydrogen) atoms. The Kier molecular flexibility index (Phi) is 13.0. The van der Waals surface area contributed by atoms with Gasteiger partial charge in [-0.25, -0.2) is 9.97 Å².